The lowest BCUT2D eigenvalue weighted by Gasteiger charge is -2.35. The topological polar surface area (TPSA) is 41.6 Å². The molecule has 6 aromatic carbocycles. The van der Waals surface area contributed by atoms with Gasteiger partial charge in [-0.2, -0.15) is 0 Å². The van der Waals surface area contributed by atoms with Crippen LogP contribution in [0.4, 0.5) is 5.69 Å². The molecule has 1 aliphatic heterocycles. The van der Waals surface area contributed by atoms with Gasteiger partial charge in [-0.3, -0.25) is 4.99 Å². The molecule has 0 saturated heterocycles. The van der Waals surface area contributed by atoms with Crippen LogP contribution in [0.3, 0.4) is 0 Å². The molecule has 1 heterocycles. The second kappa shape index (κ2) is 12.9. The Kier molecular flexibility index (Phi) is 8.03. The van der Waals surface area contributed by atoms with Crippen LogP contribution in [-0.4, -0.2) is 17.7 Å². The summed E-state index contributed by atoms with van der Waals surface area (Å²) < 4.78 is 0. The Balaban J connectivity index is 1.28. The van der Waals surface area contributed by atoms with Gasteiger partial charge in [0.05, 0.1) is 0 Å². The molecule has 0 spiro atoms. The van der Waals surface area contributed by atoms with E-state index in [1.165, 1.54) is 48.8 Å². The van der Waals surface area contributed by atoms with Gasteiger partial charge in [-0.15, -0.1) is 0 Å². The molecule has 238 valence electrons. The smallest absolute Gasteiger partial charge is 0.147 e. The number of aliphatic imine (C=N–C) groups is 1. The van der Waals surface area contributed by atoms with Crippen LogP contribution in [0.1, 0.15) is 30.6 Å². The van der Waals surface area contributed by atoms with Crippen molar-refractivity contribution in [2.24, 2.45) is 10.9 Å². The van der Waals surface area contributed by atoms with E-state index in [4.69, 9.17) is 10.7 Å². The fourth-order valence-electron chi connectivity index (χ4n) is 7.25. The molecule has 2 N–H and O–H groups in total. The van der Waals surface area contributed by atoms with E-state index in [9.17, 15) is 0 Å². The summed E-state index contributed by atoms with van der Waals surface area (Å²) in [7, 11) is 2.18. The molecule has 1 aliphatic carbocycles. The van der Waals surface area contributed by atoms with E-state index >= 15 is 0 Å². The first-order chi connectivity index (χ1) is 24.0. The Morgan fingerprint density at radius 2 is 1.43 bits per heavy atom. The molecular weight excluding hydrogens is 595 g/mol. The highest BCUT2D eigenvalue weighted by Gasteiger charge is 2.27. The molecule has 0 bridgehead atoms. The third-order valence-electron chi connectivity index (χ3n) is 9.88. The molecule has 0 aromatic heterocycles. The second-order valence-electron chi connectivity index (χ2n) is 13.1. The molecule has 49 heavy (non-hydrogen) atoms. The highest BCUT2D eigenvalue weighted by atomic mass is 15.2. The number of hydrogen-bond acceptors (Lipinski definition) is 3. The van der Waals surface area contributed by atoms with Crippen LogP contribution < -0.4 is 16.2 Å². The average molecular weight is 634 g/mol. The lowest BCUT2D eigenvalue weighted by Crippen LogP contribution is -2.31. The zero-order valence-electron chi connectivity index (χ0n) is 27.9. The van der Waals surface area contributed by atoms with Gasteiger partial charge in [0.1, 0.15) is 6.17 Å². The summed E-state index contributed by atoms with van der Waals surface area (Å²) >= 11 is 0. The highest BCUT2D eigenvalue weighted by molar-refractivity contribution is 6.14. The monoisotopic (exact) mass is 633 g/mol. The minimum Gasteiger partial charge on any atom is -0.399 e. The summed E-state index contributed by atoms with van der Waals surface area (Å²) in [6.07, 6.45) is 14.2. The minimum atomic E-state index is -0.187. The number of nitrogen functional groups attached to an aromatic ring is 1. The maximum Gasteiger partial charge on any atom is 0.147 e. The Labute approximate surface area is 288 Å². The number of benzene rings is 6. The second-order valence-corrected chi connectivity index (χ2v) is 13.1. The van der Waals surface area contributed by atoms with E-state index in [-0.39, 0.29) is 12.1 Å². The molecule has 0 radical (unpaired) electrons. The van der Waals surface area contributed by atoms with E-state index < -0.39 is 0 Å². The van der Waals surface area contributed by atoms with Crippen molar-refractivity contribution in [3.63, 3.8) is 0 Å². The van der Waals surface area contributed by atoms with Gasteiger partial charge in [0.2, 0.25) is 0 Å². The van der Waals surface area contributed by atoms with Gasteiger partial charge in [-0.05, 0) is 84.9 Å². The van der Waals surface area contributed by atoms with Crippen molar-refractivity contribution < 1.29 is 0 Å². The summed E-state index contributed by atoms with van der Waals surface area (Å²) in [4.78, 5) is 7.83. The summed E-state index contributed by atoms with van der Waals surface area (Å²) in [5.41, 5.74) is 15.0. The Bertz CT molecular complexity index is 2440. The van der Waals surface area contributed by atoms with Crippen molar-refractivity contribution in [2.45, 2.75) is 19.5 Å². The Morgan fingerprint density at radius 3 is 2.18 bits per heavy atom. The molecule has 0 saturated carbocycles. The summed E-state index contributed by atoms with van der Waals surface area (Å²) in [6.45, 7) is 2.27. The van der Waals surface area contributed by atoms with E-state index in [0.717, 1.165) is 34.5 Å². The van der Waals surface area contributed by atoms with Gasteiger partial charge < -0.3 is 10.6 Å². The van der Waals surface area contributed by atoms with E-state index in [0.29, 0.717) is 0 Å². The summed E-state index contributed by atoms with van der Waals surface area (Å²) in [6, 6.07) is 45.5. The lowest BCUT2D eigenvalue weighted by molar-refractivity contribution is 0.363. The van der Waals surface area contributed by atoms with Crippen LogP contribution in [0.2, 0.25) is 0 Å². The first kappa shape index (κ1) is 30.4. The third kappa shape index (κ3) is 5.89. The Morgan fingerprint density at radius 1 is 0.755 bits per heavy atom. The first-order valence-corrected chi connectivity index (χ1v) is 17.1. The number of rotatable bonds is 5. The predicted octanol–water partition coefficient (Wildman–Crippen LogP) is 9.45. The number of fused-ring (bicyclic) bond motifs is 3. The van der Waals surface area contributed by atoms with Gasteiger partial charge in [0, 0.05) is 35.6 Å². The molecule has 2 atom stereocenters. The maximum absolute atomic E-state index is 5.97. The van der Waals surface area contributed by atoms with E-state index in [1.54, 1.807) is 0 Å². The van der Waals surface area contributed by atoms with Gasteiger partial charge in [-0.25, -0.2) is 0 Å². The van der Waals surface area contributed by atoms with Crippen LogP contribution in [0, 0.1) is 5.92 Å². The average Bonchev–Trinajstić information content (AvgIpc) is 3.15. The molecule has 2 unspecified atom stereocenters. The lowest BCUT2D eigenvalue weighted by atomic mass is 9.91. The number of allylic oxidation sites excluding steroid dienone is 5. The third-order valence-corrected chi connectivity index (χ3v) is 9.88. The van der Waals surface area contributed by atoms with Crippen molar-refractivity contribution in [1.29, 1.82) is 0 Å². The number of nitrogens with zero attached hydrogens (tertiary/aromatic N) is 2. The zero-order chi connectivity index (χ0) is 33.3. The summed E-state index contributed by atoms with van der Waals surface area (Å²) in [5.74, 6) is 0.0804. The first-order valence-electron chi connectivity index (χ1n) is 17.1. The molecular formula is C46H39N3. The van der Waals surface area contributed by atoms with Crippen molar-refractivity contribution in [3.8, 4) is 11.1 Å². The molecule has 0 amide bonds. The van der Waals surface area contributed by atoms with Crippen molar-refractivity contribution in [3.05, 3.63) is 179 Å². The number of nitrogens with two attached hydrogens (primary N) is 1. The van der Waals surface area contributed by atoms with E-state index in [2.05, 4.69) is 171 Å². The molecule has 6 aromatic rings. The molecule has 3 heteroatoms. The highest BCUT2D eigenvalue weighted by Crippen LogP contribution is 2.39. The molecule has 2 aliphatic rings. The van der Waals surface area contributed by atoms with Gasteiger partial charge in [0.25, 0.3) is 0 Å². The van der Waals surface area contributed by atoms with Crippen LogP contribution in [0.25, 0.3) is 50.0 Å². The SMILES string of the molecule is CC(/C=c1/cccc/c1=C1\C=CC=CC1)C1=NC(c2ccc(-c3ccc(N)cc3)cc2)N(C)C(c2cc3ccccc3c3ccccc23)=C1. The zero-order valence-corrected chi connectivity index (χ0v) is 27.9. The standard InChI is InChI=1S/C46H39N3/c1-31(28-36-14-6-8-16-39(36)34-12-4-3-5-13-34)44-30-45(43-29-37-15-7-9-17-40(37)41-18-10-11-19-42(41)43)49(2)46(48-44)35-22-20-32(21-23-35)33-24-26-38(47)27-25-33/h3-12,14-31,46H,13,47H2,1-2H3/b36-28-,39-34-. The van der Waals surface area contributed by atoms with Crippen LogP contribution in [0.15, 0.2) is 163 Å². The Hall–Kier alpha value is -5.93. The largest absolute Gasteiger partial charge is 0.399 e. The van der Waals surface area contributed by atoms with Crippen molar-refractivity contribution >= 4 is 50.3 Å². The predicted molar refractivity (Wildman–Crippen MR) is 209 cm³/mol. The van der Waals surface area contributed by atoms with Crippen molar-refractivity contribution in [2.75, 3.05) is 12.8 Å². The molecule has 3 nitrogen and oxygen atoms in total. The van der Waals surface area contributed by atoms with Crippen LogP contribution >= 0.6 is 0 Å². The van der Waals surface area contributed by atoms with Gasteiger partial charge in [0.15, 0.2) is 0 Å². The molecule has 8 rings (SSSR count). The maximum atomic E-state index is 5.97. The normalized spacial score (nSPS) is 18.1. The fraction of sp³-hybridized carbons (Fsp3) is 0.109. The number of hydrogen-bond donors (Lipinski definition) is 1. The van der Waals surface area contributed by atoms with Gasteiger partial charge >= 0.3 is 0 Å². The van der Waals surface area contributed by atoms with Crippen LogP contribution in [-0.2, 0) is 0 Å². The quantitative estimate of drug-likeness (QED) is 0.152. The fourth-order valence-corrected chi connectivity index (χ4v) is 7.25. The summed E-state index contributed by atoms with van der Waals surface area (Å²) in [5, 5.41) is 7.53. The van der Waals surface area contributed by atoms with Gasteiger partial charge in [-0.1, -0.05) is 146 Å². The minimum absolute atomic E-state index is 0.0804. The van der Waals surface area contributed by atoms with Crippen LogP contribution in [0.5, 0.6) is 0 Å². The number of anilines is 1. The van der Waals surface area contributed by atoms with Crippen molar-refractivity contribution in [1.82, 2.24) is 4.90 Å². The van der Waals surface area contributed by atoms with E-state index in [1.807, 2.05) is 12.1 Å². The molecule has 0 fully saturated rings.